The van der Waals surface area contributed by atoms with Gasteiger partial charge in [-0.3, -0.25) is 0 Å². The molecule has 0 saturated carbocycles. The summed E-state index contributed by atoms with van der Waals surface area (Å²) in [5.41, 5.74) is 2.14. The number of terminal acetylenes is 1. The van der Waals surface area contributed by atoms with Crippen molar-refractivity contribution >= 4 is 0 Å². The number of ether oxygens (including phenoxy) is 1. The number of aryl methyl sites for hydroxylation is 1. The molecule has 2 heteroatoms. The van der Waals surface area contributed by atoms with Crippen LogP contribution in [0.3, 0.4) is 0 Å². The number of aliphatic hydroxyl groups excluding tert-OH is 1. The molecule has 1 rings (SSSR count). The van der Waals surface area contributed by atoms with Gasteiger partial charge in [0.1, 0.15) is 6.10 Å². The maximum Gasteiger partial charge on any atom is 0.143 e. The highest BCUT2D eigenvalue weighted by Crippen LogP contribution is 2.16. The Kier molecular flexibility index (Phi) is 4.18. The first-order valence-electron chi connectivity index (χ1n) is 4.53. The van der Waals surface area contributed by atoms with Gasteiger partial charge in [-0.25, -0.2) is 0 Å². The zero-order valence-electron chi connectivity index (χ0n) is 8.23. The van der Waals surface area contributed by atoms with Crippen molar-refractivity contribution in [3.63, 3.8) is 0 Å². The van der Waals surface area contributed by atoms with Gasteiger partial charge in [-0.15, -0.1) is 6.42 Å². The van der Waals surface area contributed by atoms with Crippen molar-refractivity contribution in [2.75, 3.05) is 13.2 Å². The Hall–Kier alpha value is -1.30. The van der Waals surface area contributed by atoms with Gasteiger partial charge in [0.15, 0.2) is 0 Å². The molecular formula is C12H14O2. The minimum atomic E-state index is -0.359. The number of rotatable bonds is 4. The summed E-state index contributed by atoms with van der Waals surface area (Å²) in [6, 6.07) is 7.86. The number of aliphatic hydroxyl groups is 1. The van der Waals surface area contributed by atoms with Crippen molar-refractivity contribution in [3.05, 3.63) is 35.4 Å². The predicted molar refractivity (Wildman–Crippen MR) is 55.8 cm³/mol. The smallest absolute Gasteiger partial charge is 0.143 e. The topological polar surface area (TPSA) is 29.5 Å². The second-order valence-electron chi connectivity index (χ2n) is 3.05. The van der Waals surface area contributed by atoms with Crippen LogP contribution in [0.1, 0.15) is 17.2 Å². The zero-order chi connectivity index (χ0) is 10.4. The van der Waals surface area contributed by atoms with Gasteiger partial charge in [0.2, 0.25) is 0 Å². The van der Waals surface area contributed by atoms with E-state index in [1.165, 1.54) is 5.56 Å². The molecule has 1 aromatic rings. The maximum absolute atomic E-state index is 8.61. The van der Waals surface area contributed by atoms with Gasteiger partial charge in [0.05, 0.1) is 13.2 Å². The molecule has 0 saturated heterocycles. The first-order valence-corrected chi connectivity index (χ1v) is 4.53. The van der Waals surface area contributed by atoms with E-state index < -0.39 is 0 Å². The first kappa shape index (κ1) is 10.8. The van der Waals surface area contributed by atoms with E-state index in [2.05, 4.69) is 5.92 Å². The van der Waals surface area contributed by atoms with Crippen LogP contribution in [0.5, 0.6) is 0 Å². The van der Waals surface area contributed by atoms with E-state index in [4.69, 9.17) is 16.3 Å². The van der Waals surface area contributed by atoms with Crippen LogP contribution in [0.2, 0.25) is 0 Å². The Morgan fingerprint density at radius 1 is 1.43 bits per heavy atom. The van der Waals surface area contributed by atoms with Crippen molar-refractivity contribution in [2.45, 2.75) is 13.0 Å². The third-order valence-corrected chi connectivity index (χ3v) is 1.91. The van der Waals surface area contributed by atoms with Crippen LogP contribution in [-0.4, -0.2) is 18.3 Å². The molecule has 0 spiro atoms. The van der Waals surface area contributed by atoms with E-state index in [0.29, 0.717) is 0 Å². The molecule has 0 fully saturated rings. The molecule has 0 aliphatic carbocycles. The average molecular weight is 190 g/mol. The summed E-state index contributed by atoms with van der Waals surface area (Å²) < 4.78 is 5.28. The quantitative estimate of drug-likeness (QED) is 0.732. The Labute approximate surface area is 84.5 Å². The van der Waals surface area contributed by atoms with Crippen LogP contribution in [0.4, 0.5) is 0 Å². The third kappa shape index (κ3) is 2.88. The third-order valence-electron chi connectivity index (χ3n) is 1.91. The van der Waals surface area contributed by atoms with Crippen LogP contribution in [0, 0.1) is 19.3 Å². The van der Waals surface area contributed by atoms with Gasteiger partial charge >= 0.3 is 0 Å². The fraction of sp³-hybridized carbons (Fsp3) is 0.333. The SMILES string of the molecule is C#CC(OCCO)c1ccc(C)cc1. The van der Waals surface area contributed by atoms with Gasteiger partial charge in [-0.2, -0.15) is 0 Å². The summed E-state index contributed by atoms with van der Waals surface area (Å²) in [5, 5.41) is 8.61. The molecule has 1 atom stereocenters. The lowest BCUT2D eigenvalue weighted by Gasteiger charge is -2.11. The predicted octanol–water partition coefficient (Wildman–Crippen LogP) is 1.68. The lowest BCUT2D eigenvalue weighted by atomic mass is 10.1. The van der Waals surface area contributed by atoms with E-state index in [1.54, 1.807) is 0 Å². The van der Waals surface area contributed by atoms with Gasteiger partial charge in [-0.05, 0) is 12.5 Å². The van der Waals surface area contributed by atoms with Crippen LogP contribution in [-0.2, 0) is 4.74 Å². The Balaban J connectivity index is 2.70. The maximum atomic E-state index is 8.61. The molecule has 14 heavy (non-hydrogen) atoms. The lowest BCUT2D eigenvalue weighted by molar-refractivity contribution is 0.0593. The standard InChI is InChI=1S/C12H14O2/c1-3-12(14-9-8-13)11-6-4-10(2)5-7-11/h1,4-7,12-13H,8-9H2,2H3. The molecule has 0 heterocycles. The molecule has 0 aliphatic heterocycles. The number of hydrogen-bond donors (Lipinski definition) is 1. The van der Waals surface area contributed by atoms with E-state index in [-0.39, 0.29) is 19.3 Å². The van der Waals surface area contributed by atoms with Crippen molar-refractivity contribution in [2.24, 2.45) is 0 Å². The lowest BCUT2D eigenvalue weighted by Crippen LogP contribution is -2.05. The van der Waals surface area contributed by atoms with Crippen LogP contribution in [0.25, 0.3) is 0 Å². The van der Waals surface area contributed by atoms with E-state index in [0.717, 1.165) is 5.56 Å². The molecular weight excluding hydrogens is 176 g/mol. The summed E-state index contributed by atoms with van der Waals surface area (Å²) in [5.74, 6) is 2.54. The first-order chi connectivity index (χ1) is 6.77. The fourth-order valence-corrected chi connectivity index (χ4v) is 1.15. The average Bonchev–Trinajstić information content (AvgIpc) is 2.21. The van der Waals surface area contributed by atoms with Crippen LogP contribution >= 0.6 is 0 Å². The fourth-order valence-electron chi connectivity index (χ4n) is 1.15. The normalized spacial score (nSPS) is 12.1. The molecule has 0 bridgehead atoms. The highest BCUT2D eigenvalue weighted by atomic mass is 16.5. The summed E-state index contributed by atoms with van der Waals surface area (Å²) in [4.78, 5) is 0. The number of hydrogen-bond acceptors (Lipinski definition) is 2. The summed E-state index contributed by atoms with van der Waals surface area (Å²) in [7, 11) is 0. The minimum absolute atomic E-state index is 0.00988. The zero-order valence-corrected chi connectivity index (χ0v) is 8.23. The number of benzene rings is 1. The van der Waals surface area contributed by atoms with Gasteiger partial charge in [0, 0.05) is 0 Å². The monoisotopic (exact) mass is 190 g/mol. The van der Waals surface area contributed by atoms with Gasteiger partial charge in [0.25, 0.3) is 0 Å². The molecule has 1 unspecified atom stereocenters. The highest BCUT2D eigenvalue weighted by molar-refractivity contribution is 5.27. The van der Waals surface area contributed by atoms with Gasteiger partial charge < -0.3 is 9.84 Å². The Bertz CT molecular complexity index is 308. The second kappa shape index (κ2) is 5.43. The molecule has 0 radical (unpaired) electrons. The Morgan fingerprint density at radius 2 is 2.07 bits per heavy atom. The summed E-state index contributed by atoms with van der Waals surface area (Å²) in [6.07, 6.45) is 4.97. The largest absolute Gasteiger partial charge is 0.394 e. The molecule has 1 aromatic carbocycles. The van der Waals surface area contributed by atoms with E-state index >= 15 is 0 Å². The molecule has 1 N–H and O–H groups in total. The van der Waals surface area contributed by atoms with Gasteiger partial charge in [-0.1, -0.05) is 35.7 Å². The van der Waals surface area contributed by atoms with E-state index in [9.17, 15) is 0 Å². The second-order valence-corrected chi connectivity index (χ2v) is 3.05. The molecule has 0 aliphatic rings. The van der Waals surface area contributed by atoms with Crippen LogP contribution in [0.15, 0.2) is 24.3 Å². The van der Waals surface area contributed by atoms with E-state index in [1.807, 2.05) is 31.2 Å². The highest BCUT2D eigenvalue weighted by Gasteiger charge is 2.06. The van der Waals surface area contributed by atoms with Crippen LogP contribution < -0.4 is 0 Å². The molecule has 0 amide bonds. The molecule has 0 aromatic heterocycles. The Morgan fingerprint density at radius 3 is 2.57 bits per heavy atom. The summed E-state index contributed by atoms with van der Waals surface area (Å²) in [6.45, 7) is 2.27. The van der Waals surface area contributed by atoms with Crippen molar-refractivity contribution < 1.29 is 9.84 Å². The minimum Gasteiger partial charge on any atom is -0.394 e. The summed E-state index contributed by atoms with van der Waals surface area (Å²) >= 11 is 0. The molecule has 2 nitrogen and oxygen atoms in total. The van der Waals surface area contributed by atoms with Crippen molar-refractivity contribution in [1.82, 2.24) is 0 Å². The van der Waals surface area contributed by atoms with Crippen molar-refractivity contribution in [1.29, 1.82) is 0 Å². The molecule has 74 valence electrons. The van der Waals surface area contributed by atoms with Crippen molar-refractivity contribution in [3.8, 4) is 12.3 Å².